The molecule has 0 spiro atoms. The minimum Gasteiger partial charge on any atom is -0.502 e. The van der Waals surface area contributed by atoms with Gasteiger partial charge in [0.25, 0.3) is 5.91 Å². The Morgan fingerprint density at radius 2 is 1.67 bits per heavy atom. The first-order valence-electron chi connectivity index (χ1n) is 18.2. The van der Waals surface area contributed by atoms with Gasteiger partial charge in [0.2, 0.25) is 23.5 Å². The van der Waals surface area contributed by atoms with E-state index in [1.165, 1.54) is 19.2 Å². The number of para-hydroxylation sites is 1. The Balaban J connectivity index is 1.50. The van der Waals surface area contributed by atoms with E-state index in [1.54, 1.807) is 26.0 Å². The number of aliphatic carboxylic acids is 2. The molecule has 3 unspecified atom stereocenters. The smallest absolute Gasteiger partial charge is 0.326 e. The molecule has 2 aromatic carbocycles. The predicted molar refractivity (Wildman–Crippen MR) is 209 cm³/mol. The van der Waals surface area contributed by atoms with E-state index in [-0.39, 0.29) is 42.7 Å². The average Bonchev–Trinajstić information content (AvgIpc) is 3.55. The molecule has 58 heavy (non-hydrogen) atoms. The van der Waals surface area contributed by atoms with E-state index in [0.717, 1.165) is 22.2 Å². The number of H-pyrrole nitrogens is 1. The summed E-state index contributed by atoms with van der Waals surface area (Å²) in [6.07, 6.45) is -0.306. The molecule has 4 atom stereocenters. The molecule has 13 N–H and O–H groups in total. The van der Waals surface area contributed by atoms with Gasteiger partial charge in [0.1, 0.15) is 12.1 Å². The number of carbonyl (C=O) groups is 6. The van der Waals surface area contributed by atoms with E-state index in [1.807, 2.05) is 24.3 Å². The van der Waals surface area contributed by atoms with Crippen molar-refractivity contribution in [2.45, 2.75) is 57.3 Å². The van der Waals surface area contributed by atoms with Gasteiger partial charge >= 0.3 is 11.9 Å². The molecule has 0 radical (unpaired) electrons. The van der Waals surface area contributed by atoms with E-state index in [0.29, 0.717) is 12.0 Å². The van der Waals surface area contributed by atoms with Crippen molar-refractivity contribution in [3.63, 3.8) is 0 Å². The highest BCUT2D eigenvalue weighted by Gasteiger charge is 2.36. The van der Waals surface area contributed by atoms with Crippen LogP contribution in [0.2, 0.25) is 0 Å². The number of fused-ring (bicyclic) bond motifs is 3. The Morgan fingerprint density at radius 1 is 1.00 bits per heavy atom. The standard InChI is InChI=1S/C37H50N10O11/c1-18(2)30(36(55)56)45-34(53)24(15-29(50)51)42-27(48)16-41-28(49)17-47(11-7-10-40-37(38)39)46-35(54)23-14-21-20-8-5-6-9-22(20)43-32(21)31(44-23)19-12-25(57-3)33(52)26(13-19)58-4/h5-6,8-9,12-13,18,23-24,30-31,43-44,52H,7,10-11,14-17H2,1-4H3,(H,41,49)(H,42,48)(H,45,53)(H,46,54)(H,50,51)(H,55,56)(H4,38,39,40)/t23-,24?,30?,31?/m0/s1. The summed E-state index contributed by atoms with van der Waals surface area (Å²) in [5.41, 5.74) is 16.8. The fraction of sp³-hybridized carbons (Fsp3) is 0.432. The maximum absolute atomic E-state index is 14.1. The number of carbonyl (C=O) groups excluding carboxylic acids is 4. The zero-order valence-corrected chi connectivity index (χ0v) is 32.5. The number of aliphatic imine (C=N–C) groups is 1. The number of hydrazine groups is 1. The number of hydrogen-bond acceptors (Lipinski definition) is 12. The number of nitrogens with one attached hydrogen (secondary N) is 6. The number of rotatable bonds is 20. The lowest BCUT2D eigenvalue weighted by Crippen LogP contribution is -2.57. The number of aromatic amines is 1. The Hall–Kier alpha value is -6.61. The third-order valence-electron chi connectivity index (χ3n) is 9.25. The lowest BCUT2D eigenvalue weighted by Gasteiger charge is -2.33. The number of ether oxygens (including phenoxy) is 2. The lowest BCUT2D eigenvalue weighted by atomic mass is 9.89. The minimum absolute atomic E-state index is 0.0877. The van der Waals surface area contributed by atoms with Crippen molar-refractivity contribution >= 4 is 52.4 Å². The molecule has 0 bridgehead atoms. The molecule has 2 heterocycles. The van der Waals surface area contributed by atoms with Crippen LogP contribution in [0.25, 0.3) is 10.9 Å². The number of hydrogen-bond donors (Lipinski definition) is 11. The van der Waals surface area contributed by atoms with Gasteiger partial charge in [-0.3, -0.25) is 39.7 Å². The van der Waals surface area contributed by atoms with Gasteiger partial charge in [0, 0.05) is 29.7 Å². The summed E-state index contributed by atoms with van der Waals surface area (Å²) in [6.45, 7) is 2.21. The molecule has 21 nitrogen and oxygen atoms in total. The first-order valence-corrected chi connectivity index (χ1v) is 18.2. The van der Waals surface area contributed by atoms with Crippen LogP contribution in [0.15, 0.2) is 41.4 Å². The van der Waals surface area contributed by atoms with Crippen molar-refractivity contribution in [2.24, 2.45) is 22.4 Å². The third kappa shape index (κ3) is 11.5. The monoisotopic (exact) mass is 810 g/mol. The molecule has 0 fully saturated rings. The van der Waals surface area contributed by atoms with Gasteiger partial charge in [-0.1, -0.05) is 32.0 Å². The maximum Gasteiger partial charge on any atom is 0.326 e. The average molecular weight is 811 g/mol. The lowest BCUT2D eigenvalue weighted by molar-refractivity contribution is -0.144. The fourth-order valence-corrected chi connectivity index (χ4v) is 6.43. The van der Waals surface area contributed by atoms with Gasteiger partial charge in [-0.05, 0) is 48.1 Å². The normalized spacial score (nSPS) is 15.8. The van der Waals surface area contributed by atoms with Crippen molar-refractivity contribution in [3.05, 3.63) is 53.2 Å². The van der Waals surface area contributed by atoms with E-state index in [4.69, 9.17) is 20.9 Å². The number of phenols is 1. The van der Waals surface area contributed by atoms with Crippen LogP contribution in [-0.4, -0.2) is 125 Å². The highest BCUT2D eigenvalue weighted by atomic mass is 16.5. The summed E-state index contributed by atoms with van der Waals surface area (Å²) in [5.74, 6) is -6.52. The van der Waals surface area contributed by atoms with Crippen molar-refractivity contribution in [1.29, 1.82) is 0 Å². The maximum atomic E-state index is 14.1. The predicted octanol–water partition coefficient (Wildman–Crippen LogP) is -1.21. The molecular formula is C37H50N10O11. The minimum atomic E-state index is -1.64. The van der Waals surface area contributed by atoms with Crippen molar-refractivity contribution in [1.82, 2.24) is 36.7 Å². The summed E-state index contributed by atoms with van der Waals surface area (Å²) in [7, 11) is 2.81. The van der Waals surface area contributed by atoms with Crippen LogP contribution in [0.4, 0.5) is 0 Å². The number of aromatic hydroxyl groups is 1. The number of nitrogens with zero attached hydrogens (tertiary/aromatic N) is 2. The highest BCUT2D eigenvalue weighted by molar-refractivity contribution is 5.94. The van der Waals surface area contributed by atoms with Crippen LogP contribution in [0.1, 0.15) is 49.6 Å². The third-order valence-corrected chi connectivity index (χ3v) is 9.25. The highest BCUT2D eigenvalue weighted by Crippen LogP contribution is 2.42. The zero-order valence-electron chi connectivity index (χ0n) is 32.5. The van der Waals surface area contributed by atoms with Gasteiger partial charge < -0.3 is 57.2 Å². The Morgan fingerprint density at radius 3 is 2.28 bits per heavy atom. The van der Waals surface area contributed by atoms with Crippen LogP contribution >= 0.6 is 0 Å². The first-order chi connectivity index (χ1) is 27.5. The molecule has 0 saturated heterocycles. The van der Waals surface area contributed by atoms with Crippen LogP contribution < -0.4 is 47.6 Å². The van der Waals surface area contributed by atoms with Crippen molar-refractivity contribution in [2.75, 3.05) is 40.4 Å². The summed E-state index contributed by atoms with van der Waals surface area (Å²) in [4.78, 5) is 83.2. The van der Waals surface area contributed by atoms with E-state index < -0.39 is 85.2 Å². The summed E-state index contributed by atoms with van der Waals surface area (Å²) < 4.78 is 10.8. The van der Waals surface area contributed by atoms with Crippen LogP contribution in [0.5, 0.6) is 17.2 Å². The number of carboxylic acid groups (broad SMARTS) is 2. The second-order valence-electron chi connectivity index (χ2n) is 13.8. The number of carboxylic acids is 2. The molecule has 1 aliphatic heterocycles. The Kier molecular flexibility index (Phi) is 15.2. The number of guanidine groups is 1. The molecular weight excluding hydrogens is 760 g/mol. The van der Waals surface area contributed by atoms with Gasteiger partial charge in [-0.15, -0.1) is 0 Å². The number of benzene rings is 2. The first kappa shape index (κ1) is 44.1. The summed E-state index contributed by atoms with van der Waals surface area (Å²) >= 11 is 0. The van der Waals surface area contributed by atoms with Crippen LogP contribution in [0.3, 0.4) is 0 Å². The van der Waals surface area contributed by atoms with E-state index in [2.05, 4.69) is 36.7 Å². The van der Waals surface area contributed by atoms with Crippen LogP contribution in [-0.2, 0) is 35.2 Å². The molecule has 1 aromatic heterocycles. The van der Waals surface area contributed by atoms with Crippen molar-refractivity contribution < 1.29 is 53.6 Å². The second-order valence-corrected chi connectivity index (χ2v) is 13.8. The molecule has 21 heteroatoms. The van der Waals surface area contributed by atoms with Gasteiger partial charge in [-0.25, -0.2) is 9.80 Å². The molecule has 314 valence electrons. The van der Waals surface area contributed by atoms with Gasteiger partial charge in [-0.2, -0.15) is 0 Å². The Labute approximate surface area is 332 Å². The summed E-state index contributed by atoms with van der Waals surface area (Å²) in [5, 5.41) is 41.7. The second kappa shape index (κ2) is 20.0. The quantitative estimate of drug-likeness (QED) is 0.0276. The molecule has 4 amide bonds. The topological polar surface area (TPSA) is 325 Å². The number of amides is 4. The SMILES string of the molecule is COc1cc(C2N[C@H](C(=O)NN(CCCN=C(N)N)CC(=O)NCC(=O)NC(CC(=O)O)C(=O)NC(C(=O)O)C(C)C)Cc3c2[nH]c2ccccc32)cc(OC)c1O. The van der Waals surface area contributed by atoms with Crippen LogP contribution in [0, 0.1) is 5.92 Å². The van der Waals surface area contributed by atoms with E-state index >= 15 is 0 Å². The number of phenolic OH excluding ortho intramolecular Hbond substituents is 1. The number of nitrogens with two attached hydrogens (primary N) is 2. The number of aromatic nitrogens is 1. The molecule has 0 aliphatic carbocycles. The summed E-state index contributed by atoms with van der Waals surface area (Å²) in [6, 6.07) is 6.44. The molecule has 1 aliphatic rings. The largest absolute Gasteiger partial charge is 0.502 e. The van der Waals surface area contributed by atoms with E-state index in [9.17, 15) is 44.1 Å². The Bertz CT molecular complexity index is 2010. The van der Waals surface area contributed by atoms with Crippen molar-refractivity contribution in [3.8, 4) is 17.2 Å². The molecule has 3 aromatic rings. The zero-order chi connectivity index (χ0) is 42.7. The van der Waals surface area contributed by atoms with Gasteiger partial charge in [0.05, 0.1) is 45.8 Å². The van der Waals surface area contributed by atoms with Gasteiger partial charge in [0.15, 0.2) is 17.5 Å². The fourth-order valence-electron chi connectivity index (χ4n) is 6.43. The molecule has 4 rings (SSSR count). The molecule has 0 saturated carbocycles. The number of methoxy groups -OCH3 is 2.